The maximum Gasteiger partial charge on any atom is 0.276 e. The predicted molar refractivity (Wildman–Crippen MR) is 63.8 cm³/mol. The van der Waals surface area contributed by atoms with Crippen LogP contribution in [0.4, 0.5) is 0 Å². The van der Waals surface area contributed by atoms with Crippen molar-refractivity contribution in [2.24, 2.45) is 0 Å². The Morgan fingerprint density at radius 1 is 1.71 bits per heavy atom. The molecule has 0 saturated carbocycles. The van der Waals surface area contributed by atoms with E-state index in [1.54, 1.807) is 22.8 Å². The Labute approximate surface area is 101 Å². The normalized spacial score (nSPS) is 17.6. The maximum absolute atomic E-state index is 12.1. The first-order valence-electron chi connectivity index (χ1n) is 6.03. The lowest BCUT2D eigenvalue weighted by Gasteiger charge is -2.26. The molecule has 0 aliphatic carbocycles. The summed E-state index contributed by atoms with van der Waals surface area (Å²) in [5, 5.41) is 11.1. The fourth-order valence-corrected chi connectivity index (χ4v) is 1.67. The number of aromatic nitrogens is 3. The van der Waals surface area contributed by atoms with Gasteiger partial charge in [-0.3, -0.25) is 4.79 Å². The Balaban J connectivity index is 2.06. The van der Waals surface area contributed by atoms with E-state index in [0.29, 0.717) is 11.7 Å². The lowest BCUT2D eigenvalue weighted by atomic mass is 10.2. The largest absolute Gasteiger partial charge is 0.338 e. The van der Waals surface area contributed by atoms with E-state index in [-0.39, 0.29) is 11.9 Å². The van der Waals surface area contributed by atoms with Crippen LogP contribution in [0.1, 0.15) is 36.8 Å². The molecule has 1 amide bonds. The number of carbonyl (C=O) groups is 1. The number of carbonyl (C=O) groups excluding carboxylic acids is 1. The Morgan fingerprint density at radius 2 is 2.41 bits per heavy atom. The molecular formula is C11H19N5O. The summed E-state index contributed by atoms with van der Waals surface area (Å²) < 4.78 is 1.77. The second kappa shape index (κ2) is 4.83. The number of amides is 1. The summed E-state index contributed by atoms with van der Waals surface area (Å²) in [5.41, 5.74) is 0.430. The zero-order valence-electron chi connectivity index (χ0n) is 10.6. The predicted octanol–water partition coefficient (Wildman–Crippen LogP) is 0.293. The van der Waals surface area contributed by atoms with E-state index in [2.05, 4.69) is 22.6 Å². The topological polar surface area (TPSA) is 63.1 Å². The molecule has 0 bridgehead atoms. The van der Waals surface area contributed by atoms with E-state index in [9.17, 15) is 4.79 Å². The zero-order valence-corrected chi connectivity index (χ0v) is 10.6. The van der Waals surface area contributed by atoms with E-state index in [1.807, 2.05) is 6.92 Å². The number of hydrogen-bond acceptors (Lipinski definition) is 4. The fourth-order valence-electron chi connectivity index (χ4n) is 1.67. The van der Waals surface area contributed by atoms with E-state index < -0.39 is 0 Å². The van der Waals surface area contributed by atoms with Crippen LogP contribution in [0.2, 0.25) is 0 Å². The van der Waals surface area contributed by atoms with Gasteiger partial charge in [0.25, 0.3) is 5.91 Å². The number of hydrogen-bond donors (Lipinski definition) is 1. The van der Waals surface area contributed by atoms with Gasteiger partial charge in [-0.15, -0.1) is 5.10 Å². The minimum Gasteiger partial charge on any atom is -0.338 e. The molecule has 17 heavy (non-hydrogen) atoms. The van der Waals surface area contributed by atoms with Crippen molar-refractivity contribution in [1.82, 2.24) is 25.2 Å². The van der Waals surface area contributed by atoms with Crippen LogP contribution >= 0.6 is 0 Å². The first-order chi connectivity index (χ1) is 8.13. The Kier molecular flexibility index (Phi) is 3.42. The summed E-state index contributed by atoms with van der Waals surface area (Å²) in [5.74, 6) is -0.0575. The summed E-state index contributed by atoms with van der Waals surface area (Å²) in [6.45, 7) is 5.89. The minimum atomic E-state index is -0.0575. The van der Waals surface area contributed by atoms with Crippen LogP contribution in [-0.4, -0.2) is 52.0 Å². The fraction of sp³-hybridized carbons (Fsp3) is 0.727. The van der Waals surface area contributed by atoms with Gasteiger partial charge in [-0.1, -0.05) is 12.1 Å². The third kappa shape index (κ3) is 2.31. The molecule has 1 aliphatic rings. The van der Waals surface area contributed by atoms with Crippen molar-refractivity contribution >= 4 is 5.91 Å². The van der Waals surface area contributed by atoms with Gasteiger partial charge in [0.05, 0.1) is 12.2 Å². The monoisotopic (exact) mass is 237 g/mol. The van der Waals surface area contributed by atoms with Gasteiger partial charge < -0.3 is 10.2 Å². The van der Waals surface area contributed by atoms with Crippen molar-refractivity contribution in [3.05, 3.63) is 11.9 Å². The molecule has 94 valence electrons. The van der Waals surface area contributed by atoms with Crippen LogP contribution in [-0.2, 0) is 0 Å². The van der Waals surface area contributed by atoms with Gasteiger partial charge in [0.2, 0.25) is 0 Å². The van der Waals surface area contributed by atoms with Gasteiger partial charge in [-0.2, -0.15) is 0 Å². The summed E-state index contributed by atoms with van der Waals surface area (Å²) >= 11 is 0. The first-order valence-corrected chi connectivity index (χ1v) is 6.03. The van der Waals surface area contributed by atoms with Crippen molar-refractivity contribution in [3.8, 4) is 0 Å². The highest BCUT2D eigenvalue weighted by molar-refractivity contribution is 5.91. The standard InChI is InChI=1S/C11H19N5O/c1-4-8(2)15(3)11(17)10-7-16(14-13-10)9-5-12-6-9/h7-9,12H,4-6H2,1-3H3. The number of nitrogens with zero attached hydrogens (tertiary/aromatic N) is 4. The highest BCUT2D eigenvalue weighted by atomic mass is 16.2. The molecule has 1 atom stereocenters. The van der Waals surface area contributed by atoms with Crippen LogP contribution in [0.3, 0.4) is 0 Å². The van der Waals surface area contributed by atoms with Crippen LogP contribution in [0.25, 0.3) is 0 Å². The molecule has 2 rings (SSSR count). The molecule has 6 heteroatoms. The van der Waals surface area contributed by atoms with Crippen LogP contribution in [0.15, 0.2) is 6.20 Å². The van der Waals surface area contributed by atoms with Gasteiger partial charge in [-0.05, 0) is 13.3 Å². The number of rotatable bonds is 4. The quantitative estimate of drug-likeness (QED) is 0.817. The average molecular weight is 237 g/mol. The summed E-state index contributed by atoms with van der Waals surface area (Å²) in [6.07, 6.45) is 2.68. The maximum atomic E-state index is 12.1. The lowest BCUT2D eigenvalue weighted by molar-refractivity contribution is 0.0734. The van der Waals surface area contributed by atoms with E-state index in [0.717, 1.165) is 19.5 Å². The molecule has 0 radical (unpaired) electrons. The van der Waals surface area contributed by atoms with Crippen molar-refractivity contribution in [3.63, 3.8) is 0 Å². The highest BCUT2D eigenvalue weighted by Gasteiger charge is 2.23. The van der Waals surface area contributed by atoms with Gasteiger partial charge in [-0.25, -0.2) is 4.68 Å². The van der Waals surface area contributed by atoms with Crippen molar-refractivity contribution in [2.75, 3.05) is 20.1 Å². The summed E-state index contributed by atoms with van der Waals surface area (Å²) in [4.78, 5) is 13.8. The second-order valence-corrected chi connectivity index (χ2v) is 4.57. The van der Waals surface area contributed by atoms with E-state index in [1.165, 1.54) is 0 Å². The molecule has 6 nitrogen and oxygen atoms in total. The van der Waals surface area contributed by atoms with E-state index in [4.69, 9.17) is 0 Å². The van der Waals surface area contributed by atoms with Crippen LogP contribution in [0, 0.1) is 0 Å². The number of nitrogens with one attached hydrogen (secondary N) is 1. The molecule has 1 saturated heterocycles. The van der Waals surface area contributed by atoms with Gasteiger partial charge in [0, 0.05) is 26.2 Å². The van der Waals surface area contributed by atoms with Crippen LogP contribution in [0.5, 0.6) is 0 Å². The average Bonchev–Trinajstić information content (AvgIpc) is 2.72. The molecule has 1 N–H and O–H groups in total. The molecule has 1 aromatic rings. The van der Waals surface area contributed by atoms with Gasteiger partial charge in [0.15, 0.2) is 5.69 Å². The molecule has 1 aliphatic heterocycles. The molecule has 2 heterocycles. The summed E-state index contributed by atoms with van der Waals surface area (Å²) in [7, 11) is 1.81. The summed E-state index contributed by atoms with van der Waals surface area (Å²) in [6, 6.07) is 0.566. The van der Waals surface area contributed by atoms with Crippen molar-refractivity contribution in [1.29, 1.82) is 0 Å². The third-order valence-electron chi connectivity index (χ3n) is 3.44. The first kappa shape index (κ1) is 12.0. The highest BCUT2D eigenvalue weighted by Crippen LogP contribution is 2.11. The van der Waals surface area contributed by atoms with Crippen molar-refractivity contribution < 1.29 is 4.79 Å². The Hall–Kier alpha value is -1.43. The molecule has 1 fully saturated rings. The second-order valence-electron chi connectivity index (χ2n) is 4.57. The molecule has 0 spiro atoms. The smallest absolute Gasteiger partial charge is 0.276 e. The lowest BCUT2D eigenvalue weighted by Crippen LogP contribution is -2.43. The Bertz CT molecular complexity index is 398. The Morgan fingerprint density at radius 3 is 2.94 bits per heavy atom. The van der Waals surface area contributed by atoms with E-state index >= 15 is 0 Å². The zero-order chi connectivity index (χ0) is 12.4. The van der Waals surface area contributed by atoms with Gasteiger partial charge in [0.1, 0.15) is 0 Å². The van der Waals surface area contributed by atoms with Crippen molar-refractivity contribution in [2.45, 2.75) is 32.4 Å². The molecule has 1 aromatic heterocycles. The SMILES string of the molecule is CCC(C)N(C)C(=O)c1cn(C2CNC2)nn1. The van der Waals surface area contributed by atoms with Gasteiger partial charge >= 0.3 is 0 Å². The molecule has 0 aromatic carbocycles. The van der Waals surface area contributed by atoms with Crippen LogP contribution < -0.4 is 5.32 Å². The third-order valence-corrected chi connectivity index (χ3v) is 3.44. The minimum absolute atomic E-state index is 0.0575. The molecule has 1 unspecified atom stereocenters. The molecular weight excluding hydrogens is 218 g/mol.